The highest BCUT2D eigenvalue weighted by atomic mass is 19.4. The number of nitrogen functional groups attached to an aromatic ring is 1. The number of aromatic amines is 1. The van der Waals surface area contributed by atoms with E-state index < -0.39 is 12.1 Å². The zero-order valence-corrected chi connectivity index (χ0v) is 13.2. The minimum absolute atomic E-state index is 0.379. The van der Waals surface area contributed by atoms with Crippen molar-refractivity contribution in [1.82, 2.24) is 19.9 Å². The van der Waals surface area contributed by atoms with E-state index in [1.165, 1.54) is 20.0 Å². The van der Waals surface area contributed by atoms with Crippen molar-refractivity contribution in [2.45, 2.75) is 25.4 Å². The van der Waals surface area contributed by atoms with Crippen LogP contribution >= 0.6 is 0 Å². The number of nitrogens with one attached hydrogen (secondary N) is 2. The molecule has 0 saturated heterocycles. The third-order valence-corrected chi connectivity index (χ3v) is 3.33. The number of carbonyl (C=O) groups is 1. The summed E-state index contributed by atoms with van der Waals surface area (Å²) in [4.78, 5) is 24.5. The number of rotatable bonds is 5. The average Bonchev–Trinajstić information content (AvgIpc) is 3.24. The second-order valence-corrected chi connectivity index (χ2v) is 5.34. The van der Waals surface area contributed by atoms with Gasteiger partial charge in [-0.15, -0.1) is 0 Å². The van der Waals surface area contributed by atoms with Crippen LogP contribution in [-0.2, 0) is 4.79 Å². The Balaban J connectivity index is 0.000000277. The molecule has 25 heavy (non-hydrogen) atoms. The molecule has 2 heterocycles. The molecule has 0 atom stereocenters. The van der Waals surface area contributed by atoms with Gasteiger partial charge in [0.25, 0.3) is 6.01 Å². The SMILES string of the molecule is COc1nc2nc(NCCC3CC3)nc(N)c2[nH]1.O=C(O)C(F)(F)F. The van der Waals surface area contributed by atoms with Crippen LogP contribution in [0.3, 0.4) is 0 Å². The van der Waals surface area contributed by atoms with E-state index in [2.05, 4.69) is 25.3 Å². The minimum atomic E-state index is -5.08. The van der Waals surface area contributed by atoms with Crippen LogP contribution in [0.2, 0.25) is 0 Å². The number of methoxy groups -OCH3 is 1. The molecule has 1 aliphatic carbocycles. The predicted octanol–water partition coefficient (Wildman–Crippen LogP) is 1.79. The van der Waals surface area contributed by atoms with Gasteiger partial charge in [0.1, 0.15) is 5.52 Å². The molecule has 2 aromatic heterocycles. The molecule has 5 N–H and O–H groups in total. The molecule has 1 saturated carbocycles. The molecule has 0 aliphatic heterocycles. The number of carboxylic acids is 1. The Morgan fingerprint density at radius 2 is 2.04 bits per heavy atom. The van der Waals surface area contributed by atoms with E-state index in [1.807, 2.05) is 0 Å². The van der Waals surface area contributed by atoms with Gasteiger partial charge in [0.2, 0.25) is 5.95 Å². The lowest BCUT2D eigenvalue weighted by Crippen LogP contribution is -2.21. The van der Waals surface area contributed by atoms with Crippen LogP contribution in [0.4, 0.5) is 24.9 Å². The van der Waals surface area contributed by atoms with Crippen LogP contribution in [0.1, 0.15) is 19.3 Å². The Morgan fingerprint density at radius 3 is 2.56 bits per heavy atom. The highest BCUT2D eigenvalue weighted by molar-refractivity contribution is 5.83. The lowest BCUT2D eigenvalue weighted by atomic mass is 10.3. The lowest BCUT2D eigenvalue weighted by molar-refractivity contribution is -0.192. The molecule has 12 heteroatoms. The van der Waals surface area contributed by atoms with Crippen LogP contribution < -0.4 is 15.8 Å². The summed E-state index contributed by atoms with van der Waals surface area (Å²) in [6.07, 6.45) is -1.23. The number of nitrogens with two attached hydrogens (primary N) is 1. The molecule has 3 rings (SSSR count). The van der Waals surface area contributed by atoms with Gasteiger partial charge in [-0.3, -0.25) is 0 Å². The summed E-state index contributed by atoms with van der Waals surface area (Å²) in [6, 6.07) is 0.390. The van der Waals surface area contributed by atoms with Gasteiger partial charge in [0.15, 0.2) is 11.5 Å². The van der Waals surface area contributed by atoms with E-state index in [0.717, 1.165) is 18.9 Å². The number of alkyl halides is 3. The Kier molecular flexibility index (Phi) is 5.49. The van der Waals surface area contributed by atoms with Crippen LogP contribution in [-0.4, -0.2) is 50.8 Å². The maximum absolute atomic E-state index is 10.6. The van der Waals surface area contributed by atoms with Gasteiger partial charge in [-0.25, -0.2) is 4.79 Å². The second kappa shape index (κ2) is 7.40. The van der Waals surface area contributed by atoms with Crippen LogP contribution in [0, 0.1) is 5.92 Å². The fourth-order valence-corrected chi connectivity index (χ4v) is 1.87. The molecule has 1 aliphatic rings. The largest absolute Gasteiger partial charge is 0.490 e. The summed E-state index contributed by atoms with van der Waals surface area (Å²) >= 11 is 0. The Bertz CT molecular complexity index is 744. The Labute approximate surface area is 139 Å². The summed E-state index contributed by atoms with van der Waals surface area (Å²) in [6.45, 7) is 0.872. The third-order valence-electron chi connectivity index (χ3n) is 3.33. The first kappa shape index (κ1) is 18.5. The molecular formula is C13H17F3N6O3. The van der Waals surface area contributed by atoms with Gasteiger partial charge in [-0.2, -0.15) is 28.1 Å². The van der Waals surface area contributed by atoms with Crippen molar-refractivity contribution >= 4 is 28.9 Å². The fraction of sp³-hybridized carbons (Fsp3) is 0.538. The normalized spacial score (nSPS) is 13.9. The number of anilines is 2. The molecule has 0 spiro atoms. The number of nitrogens with zero attached hydrogens (tertiary/aromatic N) is 3. The van der Waals surface area contributed by atoms with E-state index in [4.69, 9.17) is 20.4 Å². The fourth-order valence-electron chi connectivity index (χ4n) is 1.87. The predicted molar refractivity (Wildman–Crippen MR) is 82.2 cm³/mol. The molecule has 0 amide bonds. The van der Waals surface area contributed by atoms with E-state index in [-0.39, 0.29) is 0 Å². The van der Waals surface area contributed by atoms with E-state index in [9.17, 15) is 13.2 Å². The summed E-state index contributed by atoms with van der Waals surface area (Å²) in [7, 11) is 1.54. The zero-order chi connectivity index (χ0) is 18.6. The summed E-state index contributed by atoms with van der Waals surface area (Å²) in [5.74, 6) is -0.976. The molecule has 0 aromatic carbocycles. The molecule has 0 unspecified atom stereocenters. The summed E-state index contributed by atoms with van der Waals surface area (Å²) in [5.41, 5.74) is 6.98. The Hall–Kier alpha value is -2.79. The summed E-state index contributed by atoms with van der Waals surface area (Å²) in [5, 5.41) is 10.3. The number of carboxylic acid groups (broad SMARTS) is 1. The van der Waals surface area contributed by atoms with E-state index in [1.54, 1.807) is 0 Å². The Morgan fingerprint density at radius 1 is 1.40 bits per heavy atom. The number of hydrogen-bond donors (Lipinski definition) is 4. The van der Waals surface area contributed by atoms with E-state index >= 15 is 0 Å². The number of ether oxygens (including phenoxy) is 1. The highest BCUT2D eigenvalue weighted by Crippen LogP contribution is 2.32. The first-order valence-electron chi connectivity index (χ1n) is 7.32. The van der Waals surface area contributed by atoms with Gasteiger partial charge < -0.3 is 25.9 Å². The van der Waals surface area contributed by atoms with Crippen LogP contribution in [0.5, 0.6) is 6.01 Å². The average molecular weight is 362 g/mol. The number of imidazole rings is 1. The van der Waals surface area contributed by atoms with Crippen molar-refractivity contribution in [3.63, 3.8) is 0 Å². The molecule has 2 aromatic rings. The van der Waals surface area contributed by atoms with Crippen molar-refractivity contribution in [3.05, 3.63) is 0 Å². The summed E-state index contributed by atoms with van der Waals surface area (Å²) < 4.78 is 36.7. The molecular weight excluding hydrogens is 345 g/mol. The van der Waals surface area contributed by atoms with Gasteiger partial charge in [0.05, 0.1) is 7.11 Å². The molecule has 0 radical (unpaired) electrons. The molecule has 1 fully saturated rings. The third kappa shape index (κ3) is 5.36. The maximum Gasteiger partial charge on any atom is 0.490 e. The quantitative estimate of drug-likeness (QED) is 0.631. The zero-order valence-electron chi connectivity index (χ0n) is 13.2. The number of H-pyrrole nitrogens is 1. The number of hydrogen-bond acceptors (Lipinski definition) is 7. The van der Waals surface area contributed by atoms with E-state index in [0.29, 0.717) is 28.9 Å². The van der Waals surface area contributed by atoms with Crippen molar-refractivity contribution in [1.29, 1.82) is 0 Å². The monoisotopic (exact) mass is 362 g/mol. The highest BCUT2D eigenvalue weighted by Gasteiger charge is 2.38. The minimum Gasteiger partial charge on any atom is -0.475 e. The number of fused-ring (bicyclic) bond motifs is 1. The van der Waals surface area contributed by atoms with Crippen LogP contribution in [0.15, 0.2) is 0 Å². The number of halogens is 3. The molecule has 0 bridgehead atoms. The standard InChI is InChI=1S/C11H16N6O.C2HF3O2/c1-18-11-14-7-8(12)15-10(16-9(7)17-11)13-5-4-6-2-3-6;3-2(4,5)1(6)7/h6H,2-5H2,1H3,(H4,12,13,14,15,16,17);(H,6,7). The lowest BCUT2D eigenvalue weighted by Gasteiger charge is -2.04. The van der Waals surface area contributed by atoms with Gasteiger partial charge >= 0.3 is 12.1 Å². The second-order valence-electron chi connectivity index (χ2n) is 5.34. The van der Waals surface area contributed by atoms with Gasteiger partial charge in [-0.1, -0.05) is 12.8 Å². The number of aromatic nitrogens is 4. The maximum atomic E-state index is 10.6. The molecule has 138 valence electrons. The topological polar surface area (TPSA) is 139 Å². The first-order chi connectivity index (χ1) is 11.7. The van der Waals surface area contributed by atoms with Crippen molar-refractivity contribution in [3.8, 4) is 6.01 Å². The smallest absolute Gasteiger partial charge is 0.475 e. The molecule has 9 nitrogen and oxygen atoms in total. The van der Waals surface area contributed by atoms with Crippen molar-refractivity contribution in [2.24, 2.45) is 5.92 Å². The van der Waals surface area contributed by atoms with Crippen LogP contribution in [0.25, 0.3) is 11.2 Å². The van der Waals surface area contributed by atoms with Crippen molar-refractivity contribution < 1.29 is 27.8 Å². The van der Waals surface area contributed by atoms with Gasteiger partial charge in [0, 0.05) is 6.54 Å². The van der Waals surface area contributed by atoms with Gasteiger partial charge in [-0.05, 0) is 12.3 Å². The number of aliphatic carboxylic acids is 1. The van der Waals surface area contributed by atoms with Crippen molar-refractivity contribution in [2.75, 3.05) is 24.7 Å². The first-order valence-corrected chi connectivity index (χ1v) is 7.32.